The minimum Gasteiger partial charge on any atom is -0.493 e. The van der Waals surface area contributed by atoms with E-state index < -0.39 is 24.1 Å². The lowest BCUT2D eigenvalue weighted by Gasteiger charge is -2.27. The van der Waals surface area contributed by atoms with E-state index in [0.717, 1.165) is 10.1 Å². The number of Topliss-reactive ketones (excluding diaryl/α,β-unsaturated/α-hetero) is 1. The molecule has 0 saturated carbocycles. The third kappa shape index (κ3) is 4.76. The van der Waals surface area contributed by atoms with Crippen LogP contribution in [0.3, 0.4) is 0 Å². The molecular formula is C19H22O6S3. The van der Waals surface area contributed by atoms with Gasteiger partial charge in [-0.2, -0.15) is 0 Å². The summed E-state index contributed by atoms with van der Waals surface area (Å²) in [4.78, 5) is 25.6. The molecule has 0 aliphatic carbocycles. The number of hydrogen-bond donors (Lipinski definition) is 1. The molecule has 28 heavy (non-hydrogen) atoms. The first-order valence-corrected chi connectivity index (χ1v) is 12.0. The summed E-state index contributed by atoms with van der Waals surface area (Å²) in [7, 11) is 6.27. The zero-order chi connectivity index (χ0) is 20.3. The molecule has 1 aliphatic heterocycles. The number of fused-ring (bicyclic) bond motifs is 1. The van der Waals surface area contributed by atoms with Gasteiger partial charge in [0.05, 0.1) is 25.0 Å². The zero-order valence-corrected chi connectivity index (χ0v) is 18.2. The van der Waals surface area contributed by atoms with Crippen molar-refractivity contribution in [1.82, 2.24) is 0 Å². The van der Waals surface area contributed by atoms with E-state index in [1.165, 1.54) is 11.3 Å². The molecule has 152 valence electrons. The molecule has 0 spiro atoms. The van der Waals surface area contributed by atoms with Crippen LogP contribution < -0.4 is 9.47 Å². The Morgan fingerprint density at radius 1 is 1.14 bits per heavy atom. The maximum atomic E-state index is 12.7. The smallest absolute Gasteiger partial charge is 0.309 e. The Balaban J connectivity index is 1.67. The molecule has 6 nitrogen and oxygen atoms in total. The second-order valence-electron chi connectivity index (χ2n) is 6.50. The van der Waals surface area contributed by atoms with E-state index in [2.05, 4.69) is 0 Å². The highest BCUT2D eigenvalue weighted by atomic mass is 33.1. The van der Waals surface area contributed by atoms with Gasteiger partial charge in [-0.05, 0) is 17.5 Å². The summed E-state index contributed by atoms with van der Waals surface area (Å²) >= 11 is 1.36. The van der Waals surface area contributed by atoms with Crippen molar-refractivity contribution >= 4 is 54.8 Å². The van der Waals surface area contributed by atoms with E-state index in [9.17, 15) is 14.7 Å². The van der Waals surface area contributed by atoms with Crippen LogP contribution in [0, 0.1) is 5.92 Å². The fourth-order valence-corrected chi connectivity index (χ4v) is 6.19. The summed E-state index contributed by atoms with van der Waals surface area (Å²) in [5.74, 6) is 1.16. The number of hydrogen-bond acceptors (Lipinski definition) is 9. The van der Waals surface area contributed by atoms with Crippen molar-refractivity contribution in [2.24, 2.45) is 5.92 Å². The third-order valence-electron chi connectivity index (χ3n) is 4.44. The molecule has 2 aromatic rings. The number of ether oxygens (including phenoxy) is 3. The van der Waals surface area contributed by atoms with E-state index in [4.69, 9.17) is 14.2 Å². The second kappa shape index (κ2) is 9.39. The van der Waals surface area contributed by atoms with Crippen LogP contribution in [0.5, 0.6) is 11.5 Å². The average molecular weight is 443 g/mol. The van der Waals surface area contributed by atoms with Crippen LogP contribution in [0.25, 0.3) is 10.1 Å². The number of methoxy groups -OCH3 is 2. The van der Waals surface area contributed by atoms with Crippen molar-refractivity contribution in [3.05, 3.63) is 23.1 Å². The van der Waals surface area contributed by atoms with Gasteiger partial charge in [0.1, 0.15) is 12.2 Å². The van der Waals surface area contributed by atoms with Gasteiger partial charge in [0.25, 0.3) is 0 Å². The molecule has 9 heteroatoms. The van der Waals surface area contributed by atoms with Gasteiger partial charge in [-0.15, -0.1) is 11.3 Å². The van der Waals surface area contributed by atoms with Gasteiger partial charge < -0.3 is 19.3 Å². The van der Waals surface area contributed by atoms with E-state index in [-0.39, 0.29) is 12.2 Å². The summed E-state index contributed by atoms with van der Waals surface area (Å²) < 4.78 is 16.9. The van der Waals surface area contributed by atoms with Crippen LogP contribution in [-0.4, -0.2) is 54.8 Å². The highest BCUT2D eigenvalue weighted by molar-refractivity contribution is 8.76. The largest absolute Gasteiger partial charge is 0.493 e. The maximum absolute atomic E-state index is 12.7. The van der Waals surface area contributed by atoms with Gasteiger partial charge in [-0.3, -0.25) is 9.59 Å². The summed E-state index contributed by atoms with van der Waals surface area (Å²) in [5.41, 5.74) is 0. The Labute approximate surface area is 175 Å². The first-order valence-electron chi connectivity index (χ1n) is 8.74. The number of rotatable bonds is 7. The molecule has 0 amide bonds. The SMILES string of the molecule is COc1cc2cc(C(=O)CC(C)C(=O)O[C@H]3CSSC[C@@H]3O)sc2cc1OC. The van der Waals surface area contributed by atoms with Gasteiger partial charge >= 0.3 is 5.97 Å². The fourth-order valence-electron chi connectivity index (χ4n) is 2.80. The number of carbonyl (C=O) groups is 2. The Hall–Kier alpha value is -1.42. The number of benzene rings is 1. The molecule has 1 aromatic carbocycles. The molecule has 3 rings (SSSR count). The molecule has 1 N–H and O–H groups in total. The summed E-state index contributed by atoms with van der Waals surface area (Å²) in [6, 6.07) is 5.48. The molecule has 1 aromatic heterocycles. The molecule has 2 heterocycles. The van der Waals surface area contributed by atoms with Crippen LogP contribution in [0.2, 0.25) is 0 Å². The van der Waals surface area contributed by atoms with Gasteiger partial charge in [0.15, 0.2) is 17.3 Å². The number of esters is 1. The number of carbonyl (C=O) groups excluding carboxylic acids is 2. The summed E-state index contributed by atoms with van der Waals surface area (Å²) in [6.07, 6.45) is -1.11. The van der Waals surface area contributed by atoms with E-state index in [1.807, 2.05) is 12.1 Å². The van der Waals surface area contributed by atoms with Crippen molar-refractivity contribution in [2.75, 3.05) is 25.7 Å². The van der Waals surface area contributed by atoms with Crippen LogP contribution in [0.15, 0.2) is 18.2 Å². The summed E-state index contributed by atoms with van der Waals surface area (Å²) in [5, 5.41) is 10.8. The average Bonchev–Trinajstić information content (AvgIpc) is 3.11. The normalized spacial score (nSPS) is 20.6. The predicted octanol–water partition coefficient (Wildman–Crippen LogP) is 3.80. The number of thiophene rings is 1. The highest BCUT2D eigenvalue weighted by Gasteiger charge is 2.30. The monoisotopic (exact) mass is 442 g/mol. The molecule has 1 fully saturated rings. The lowest BCUT2D eigenvalue weighted by Crippen LogP contribution is -2.38. The van der Waals surface area contributed by atoms with Crippen LogP contribution in [0.4, 0.5) is 0 Å². The number of aliphatic hydroxyl groups excluding tert-OH is 1. The van der Waals surface area contributed by atoms with Gasteiger partial charge in [-0.1, -0.05) is 28.5 Å². The first-order chi connectivity index (χ1) is 13.4. The quantitative estimate of drug-likeness (QED) is 0.394. The Kier molecular flexibility index (Phi) is 7.14. The lowest BCUT2D eigenvalue weighted by molar-refractivity contribution is -0.156. The Morgan fingerprint density at radius 3 is 2.50 bits per heavy atom. The molecule has 1 unspecified atom stereocenters. The third-order valence-corrected chi connectivity index (χ3v) is 8.01. The number of aliphatic hydroxyl groups is 1. The van der Waals surface area contributed by atoms with Gasteiger partial charge in [-0.25, -0.2) is 0 Å². The van der Waals surface area contributed by atoms with Gasteiger partial charge in [0, 0.05) is 28.7 Å². The molecule has 3 atom stereocenters. The van der Waals surface area contributed by atoms with E-state index in [0.29, 0.717) is 27.9 Å². The Morgan fingerprint density at radius 2 is 1.82 bits per heavy atom. The molecule has 1 saturated heterocycles. The topological polar surface area (TPSA) is 82.1 Å². The van der Waals surface area contributed by atoms with Crippen molar-refractivity contribution in [3.63, 3.8) is 0 Å². The van der Waals surface area contributed by atoms with Crippen molar-refractivity contribution in [2.45, 2.75) is 25.6 Å². The fraction of sp³-hybridized carbons (Fsp3) is 0.474. The first kappa shape index (κ1) is 21.3. The highest BCUT2D eigenvalue weighted by Crippen LogP contribution is 2.37. The Bertz CT molecular complexity index is 824. The van der Waals surface area contributed by atoms with E-state index >= 15 is 0 Å². The van der Waals surface area contributed by atoms with Crippen molar-refractivity contribution in [3.8, 4) is 11.5 Å². The molecule has 1 aliphatic rings. The second-order valence-corrected chi connectivity index (χ2v) is 10.1. The summed E-state index contributed by atoms with van der Waals surface area (Å²) in [6.45, 7) is 1.68. The minimum absolute atomic E-state index is 0.0602. The predicted molar refractivity (Wildman–Crippen MR) is 114 cm³/mol. The maximum Gasteiger partial charge on any atom is 0.309 e. The molecular weight excluding hydrogens is 420 g/mol. The van der Waals surface area contributed by atoms with Crippen LogP contribution in [0.1, 0.15) is 23.0 Å². The standard InChI is InChI=1S/C19H22O6S3/c1-10(19(22)25-16-9-27-26-8-13(16)21)4-12(20)18-6-11-5-14(23-2)15(24-3)7-17(11)28-18/h5-7,10,13,16,21H,4,8-9H2,1-3H3/t10?,13-,16-/m0/s1. The minimum atomic E-state index is -0.661. The molecule has 0 radical (unpaired) electrons. The zero-order valence-electron chi connectivity index (χ0n) is 15.8. The van der Waals surface area contributed by atoms with E-state index in [1.54, 1.807) is 48.8 Å². The van der Waals surface area contributed by atoms with Crippen LogP contribution in [-0.2, 0) is 9.53 Å². The van der Waals surface area contributed by atoms with Gasteiger partial charge in [0.2, 0.25) is 0 Å². The van der Waals surface area contributed by atoms with Crippen molar-refractivity contribution < 1.29 is 28.9 Å². The lowest BCUT2D eigenvalue weighted by atomic mass is 10.0. The van der Waals surface area contributed by atoms with Crippen LogP contribution >= 0.6 is 32.9 Å². The van der Waals surface area contributed by atoms with Crippen molar-refractivity contribution in [1.29, 1.82) is 0 Å². The number of ketones is 1. The molecule has 0 bridgehead atoms.